The Morgan fingerprint density at radius 1 is 1.06 bits per heavy atom. The molecule has 5 nitrogen and oxygen atoms in total. The molecule has 0 spiro atoms. The summed E-state index contributed by atoms with van der Waals surface area (Å²) in [6.07, 6.45) is 0. The minimum atomic E-state index is -0.863. The van der Waals surface area contributed by atoms with E-state index in [4.69, 9.17) is 10.3 Å². The summed E-state index contributed by atoms with van der Waals surface area (Å²) in [5.74, 6) is 4.43. The second-order valence-electron chi connectivity index (χ2n) is 3.74. The zero-order chi connectivity index (χ0) is 12.0. The van der Waals surface area contributed by atoms with Crippen molar-refractivity contribution in [2.24, 2.45) is 0 Å². The number of nitrogen functional groups attached to an aromatic ring is 1. The number of nitrogens with zero attached hydrogens (tertiary/aromatic N) is 1. The topological polar surface area (TPSA) is 78.2 Å². The minimum absolute atomic E-state index is 0.250. The second kappa shape index (κ2) is 3.21. The fourth-order valence-electron chi connectivity index (χ4n) is 1.83. The van der Waals surface area contributed by atoms with Crippen LogP contribution in [0.3, 0.4) is 0 Å². The Kier molecular flexibility index (Phi) is 1.82. The molecule has 0 bridgehead atoms. The molecule has 0 amide bonds. The monoisotopic (exact) mass is 228 g/mol. The Bertz CT molecular complexity index is 846. The lowest BCUT2D eigenvalue weighted by atomic mass is 10.1. The van der Waals surface area contributed by atoms with Crippen LogP contribution in [-0.2, 0) is 0 Å². The Morgan fingerprint density at radius 3 is 2.41 bits per heavy atom. The quantitative estimate of drug-likeness (QED) is 0.456. The number of aromatic nitrogens is 1. The molecule has 3 rings (SSSR count). The number of nitrogens with two attached hydrogens (primary N) is 1. The molecule has 2 N–H and O–H groups in total. The number of benzene rings is 2. The molecule has 0 aliphatic heterocycles. The van der Waals surface area contributed by atoms with Crippen LogP contribution in [0.2, 0.25) is 0 Å². The molecule has 0 saturated carbocycles. The summed E-state index contributed by atoms with van der Waals surface area (Å²) in [6.45, 7) is 0. The molecular formula is C12H8N2O3. The van der Waals surface area contributed by atoms with Crippen LogP contribution in [0.1, 0.15) is 0 Å². The van der Waals surface area contributed by atoms with E-state index in [1.807, 2.05) is 24.3 Å². The SMILES string of the molecule is Nn1c(=O)oc2cc3ccccc3cc2c1=O. The van der Waals surface area contributed by atoms with Gasteiger partial charge in [-0.1, -0.05) is 24.3 Å². The van der Waals surface area contributed by atoms with E-state index in [-0.39, 0.29) is 5.58 Å². The first-order chi connectivity index (χ1) is 8.16. The van der Waals surface area contributed by atoms with Crippen LogP contribution in [0.4, 0.5) is 0 Å². The fourth-order valence-corrected chi connectivity index (χ4v) is 1.83. The van der Waals surface area contributed by atoms with E-state index in [0.717, 1.165) is 10.8 Å². The van der Waals surface area contributed by atoms with Gasteiger partial charge in [0.2, 0.25) is 0 Å². The van der Waals surface area contributed by atoms with Gasteiger partial charge in [0.05, 0.1) is 5.39 Å². The van der Waals surface area contributed by atoms with Crippen molar-refractivity contribution in [3.05, 3.63) is 57.3 Å². The second-order valence-corrected chi connectivity index (χ2v) is 3.74. The highest BCUT2D eigenvalue weighted by atomic mass is 16.4. The molecule has 0 aliphatic rings. The van der Waals surface area contributed by atoms with E-state index < -0.39 is 11.3 Å². The smallest absolute Gasteiger partial charge is 0.408 e. The van der Waals surface area contributed by atoms with Gasteiger partial charge in [0.1, 0.15) is 5.58 Å². The van der Waals surface area contributed by atoms with E-state index in [1.54, 1.807) is 12.1 Å². The summed E-state index contributed by atoms with van der Waals surface area (Å²) in [7, 11) is 0. The maximum Gasteiger partial charge on any atom is 0.441 e. The summed E-state index contributed by atoms with van der Waals surface area (Å²) in [4.78, 5) is 23.0. The van der Waals surface area contributed by atoms with Gasteiger partial charge in [-0.15, -0.1) is 0 Å². The zero-order valence-corrected chi connectivity index (χ0v) is 8.71. The average molecular weight is 228 g/mol. The molecule has 0 fully saturated rings. The first-order valence-corrected chi connectivity index (χ1v) is 5.00. The molecule has 0 aliphatic carbocycles. The van der Waals surface area contributed by atoms with Gasteiger partial charge >= 0.3 is 5.76 Å². The highest BCUT2D eigenvalue weighted by Gasteiger charge is 2.08. The third kappa shape index (κ3) is 1.32. The van der Waals surface area contributed by atoms with Crippen molar-refractivity contribution in [3.8, 4) is 0 Å². The van der Waals surface area contributed by atoms with Crippen molar-refractivity contribution < 1.29 is 4.42 Å². The van der Waals surface area contributed by atoms with E-state index in [2.05, 4.69) is 0 Å². The number of hydrogen-bond acceptors (Lipinski definition) is 4. The van der Waals surface area contributed by atoms with Crippen molar-refractivity contribution in [1.29, 1.82) is 0 Å². The molecule has 5 heteroatoms. The van der Waals surface area contributed by atoms with Crippen LogP contribution in [-0.4, -0.2) is 4.68 Å². The van der Waals surface area contributed by atoms with Crippen molar-refractivity contribution in [2.45, 2.75) is 0 Å². The van der Waals surface area contributed by atoms with Gasteiger partial charge in [0, 0.05) is 0 Å². The zero-order valence-electron chi connectivity index (χ0n) is 8.71. The Labute approximate surface area is 94.7 Å². The molecule has 0 saturated heterocycles. The van der Waals surface area contributed by atoms with Gasteiger partial charge in [0.15, 0.2) is 0 Å². The van der Waals surface area contributed by atoms with E-state index in [1.165, 1.54) is 0 Å². The third-order valence-corrected chi connectivity index (χ3v) is 2.69. The molecule has 0 unspecified atom stereocenters. The maximum absolute atomic E-state index is 11.8. The standard InChI is InChI=1S/C12H8N2O3/c13-14-11(15)9-5-7-3-1-2-4-8(7)6-10(9)17-12(14)16/h1-6H,13H2. The lowest BCUT2D eigenvalue weighted by Gasteiger charge is -2.01. The normalized spacial score (nSPS) is 11.1. The minimum Gasteiger partial charge on any atom is -0.408 e. The number of rotatable bonds is 0. The van der Waals surface area contributed by atoms with E-state index in [9.17, 15) is 9.59 Å². The highest BCUT2D eigenvalue weighted by Crippen LogP contribution is 2.19. The van der Waals surface area contributed by atoms with Crippen LogP contribution in [0, 0.1) is 0 Å². The predicted octanol–water partition coefficient (Wildman–Crippen LogP) is 0.822. The van der Waals surface area contributed by atoms with Crippen molar-refractivity contribution in [1.82, 2.24) is 4.68 Å². The Morgan fingerprint density at radius 2 is 1.71 bits per heavy atom. The van der Waals surface area contributed by atoms with Gasteiger partial charge < -0.3 is 10.3 Å². The van der Waals surface area contributed by atoms with Crippen molar-refractivity contribution in [3.63, 3.8) is 0 Å². The summed E-state index contributed by atoms with van der Waals surface area (Å²) in [5, 5.41) is 2.09. The van der Waals surface area contributed by atoms with Crippen LogP contribution >= 0.6 is 0 Å². The van der Waals surface area contributed by atoms with Gasteiger partial charge in [-0.05, 0) is 22.9 Å². The molecule has 3 aromatic rings. The lowest BCUT2D eigenvalue weighted by molar-refractivity contribution is 0.496. The fraction of sp³-hybridized carbons (Fsp3) is 0. The average Bonchev–Trinajstić information content (AvgIpc) is 2.34. The Hall–Kier alpha value is -2.56. The molecular weight excluding hydrogens is 220 g/mol. The number of hydrogen-bond donors (Lipinski definition) is 1. The molecule has 2 aromatic carbocycles. The molecule has 0 atom stereocenters. The predicted molar refractivity (Wildman–Crippen MR) is 64.4 cm³/mol. The van der Waals surface area contributed by atoms with Crippen molar-refractivity contribution >= 4 is 21.7 Å². The summed E-state index contributed by atoms with van der Waals surface area (Å²) in [5.41, 5.74) is -0.303. The van der Waals surface area contributed by atoms with Crippen molar-refractivity contribution in [2.75, 3.05) is 5.84 Å². The maximum atomic E-state index is 11.8. The Balaban J connectivity index is 2.62. The first kappa shape index (κ1) is 9.65. The highest BCUT2D eigenvalue weighted by molar-refractivity contribution is 5.95. The largest absolute Gasteiger partial charge is 0.441 e. The molecule has 1 aromatic heterocycles. The third-order valence-electron chi connectivity index (χ3n) is 2.69. The summed E-state index contributed by atoms with van der Waals surface area (Å²) < 4.78 is 5.43. The van der Waals surface area contributed by atoms with Crippen LogP contribution in [0.15, 0.2) is 50.4 Å². The van der Waals surface area contributed by atoms with Gasteiger partial charge in [-0.25, -0.2) is 4.79 Å². The molecule has 0 radical (unpaired) electrons. The van der Waals surface area contributed by atoms with Gasteiger partial charge in [-0.3, -0.25) is 4.79 Å². The van der Waals surface area contributed by atoms with E-state index in [0.29, 0.717) is 10.1 Å². The van der Waals surface area contributed by atoms with Gasteiger partial charge in [0.25, 0.3) is 5.56 Å². The lowest BCUT2D eigenvalue weighted by Crippen LogP contribution is -2.38. The molecule has 17 heavy (non-hydrogen) atoms. The van der Waals surface area contributed by atoms with Crippen LogP contribution in [0.25, 0.3) is 21.7 Å². The molecule has 84 valence electrons. The molecule has 1 heterocycles. The number of fused-ring (bicyclic) bond motifs is 2. The summed E-state index contributed by atoms with van der Waals surface area (Å²) >= 11 is 0. The summed E-state index contributed by atoms with van der Waals surface area (Å²) in [6, 6.07) is 10.8. The van der Waals surface area contributed by atoms with Crippen LogP contribution in [0.5, 0.6) is 0 Å². The van der Waals surface area contributed by atoms with Crippen LogP contribution < -0.4 is 17.2 Å². The van der Waals surface area contributed by atoms with E-state index >= 15 is 0 Å². The van der Waals surface area contributed by atoms with Gasteiger partial charge in [-0.2, -0.15) is 4.68 Å². The first-order valence-electron chi connectivity index (χ1n) is 5.00.